The van der Waals surface area contributed by atoms with E-state index in [-0.39, 0.29) is 5.56 Å². The molecule has 0 radical (unpaired) electrons. The van der Waals surface area contributed by atoms with Crippen molar-refractivity contribution in [3.8, 4) is 0 Å². The molecule has 4 heteroatoms. The maximum atomic E-state index is 11.2. The van der Waals surface area contributed by atoms with Crippen molar-refractivity contribution < 1.29 is 0 Å². The van der Waals surface area contributed by atoms with E-state index < -0.39 is 0 Å². The Bertz CT molecular complexity index is 380. The lowest BCUT2D eigenvalue weighted by Crippen LogP contribution is -2.29. The molecule has 1 fully saturated rings. The van der Waals surface area contributed by atoms with E-state index >= 15 is 0 Å². The summed E-state index contributed by atoms with van der Waals surface area (Å²) >= 11 is 0. The van der Waals surface area contributed by atoms with Gasteiger partial charge in [0.25, 0.3) is 0 Å². The van der Waals surface area contributed by atoms with E-state index in [0.717, 1.165) is 18.8 Å². The Hall–Kier alpha value is -1.29. The van der Waals surface area contributed by atoms with Gasteiger partial charge in [-0.3, -0.25) is 4.79 Å². The number of anilines is 1. The van der Waals surface area contributed by atoms with E-state index in [0.29, 0.717) is 6.04 Å². The van der Waals surface area contributed by atoms with Crippen molar-refractivity contribution in [1.82, 2.24) is 9.88 Å². The van der Waals surface area contributed by atoms with Crippen LogP contribution in [0.2, 0.25) is 0 Å². The zero-order valence-electron chi connectivity index (χ0n) is 8.99. The van der Waals surface area contributed by atoms with Crippen molar-refractivity contribution in [2.75, 3.05) is 18.4 Å². The van der Waals surface area contributed by atoms with Gasteiger partial charge in [0.2, 0.25) is 5.56 Å². The van der Waals surface area contributed by atoms with Gasteiger partial charge < -0.3 is 15.2 Å². The molecule has 0 amide bonds. The van der Waals surface area contributed by atoms with Gasteiger partial charge in [0.15, 0.2) is 0 Å². The highest BCUT2D eigenvalue weighted by Crippen LogP contribution is 2.07. The van der Waals surface area contributed by atoms with Gasteiger partial charge in [0, 0.05) is 31.9 Å². The van der Waals surface area contributed by atoms with Gasteiger partial charge in [0.05, 0.1) is 5.69 Å². The van der Waals surface area contributed by atoms with Gasteiger partial charge in [-0.25, -0.2) is 0 Å². The second-order valence-electron chi connectivity index (χ2n) is 4.04. The molecule has 1 aromatic heterocycles. The predicted octanol–water partition coefficient (Wildman–Crippen LogP) is 0.549. The fourth-order valence-electron chi connectivity index (χ4n) is 1.87. The smallest absolute Gasteiger partial charge is 0.250 e. The first-order chi connectivity index (χ1) is 7.25. The van der Waals surface area contributed by atoms with Crippen LogP contribution in [0, 0.1) is 0 Å². The van der Waals surface area contributed by atoms with Crippen LogP contribution in [0.5, 0.6) is 0 Å². The molecule has 1 aliphatic heterocycles. The van der Waals surface area contributed by atoms with Crippen LogP contribution in [0.1, 0.15) is 12.8 Å². The maximum Gasteiger partial charge on any atom is 0.250 e. The highest BCUT2D eigenvalue weighted by Gasteiger charge is 2.12. The van der Waals surface area contributed by atoms with Crippen molar-refractivity contribution in [3.05, 3.63) is 28.7 Å². The summed E-state index contributed by atoms with van der Waals surface area (Å²) in [6, 6.07) is 3.99. The lowest BCUT2D eigenvalue weighted by atomic mass is 10.2. The molecule has 15 heavy (non-hydrogen) atoms. The molecule has 1 unspecified atom stereocenters. The van der Waals surface area contributed by atoms with Crippen LogP contribution >= 0.6 is 0 Å². The fourth-order valence-corrected chi connectivity index (χ4v) is 1.87. The number of rotatable bonds is 3. The van der Waals surface area contributed by atoms with Gasteiger partial charge in [-0.05, 0) is 25.5 Å². The number of hydrogen-bond acceptors (Lipinski definition) is 3. The topological polar surface area (TPSA) is 46.1 Å². The SMILES string of the molecule is Cn1cc(NCC2CCCN2)ccc1=O. The Morgan fingerprint density at radius 3 is 3.13 bits per heavy atom. The molecule has 0 spiro atoms. The molecule has 2 N–H and O–H groups in total. The zero-order chi connectivity index (χ0) is 10.7. The monoisotopic (exact) mass is 207 g/mol. The molecule has 0 aliphatic carbocycles. The van der Waals surface area contributed by atoms with Crippen molar-refractivity contribution in [1.29, 1.82) is 0 Å². The zero-order valence-corrected chi connectivity index (χ0v) is 8.99. The second-order valence-corrected chi connectivity index (χ2v) is 4.04. The third-order valence-corrected chi connectivity index (χ3v) is 2.80. The van der Waals surface area contributed by atoms with Gasteiger partial charge in [0.1, 0.15) is 0 Å². The minimum absolute atomic E-state index is 0.0274. The number of hydrogen-bond donors (Lipinski definition) is 2. The van der Waals surface area contributed by atoms with Crippen LogP contribution < -0.4 is 16.2 Å². The van der Waals surface area contributed by atoms with Crippen LogP contribution in [-0.2, 0) is 7.05 Å². The van der Waals surface area contributed by atoms with E-state index in [9.17, 15) is 4.79 Å². The number of nitrogens with zero attached hydrogens (tertiary/aromatic N) is 1. The van der Waals surface area contributed by atoms with E-state index in [4.69, 9.17) is 0 Å². The van der Waals surface area contributed by atoms with Crippen molar-refractivity contribution in [2.45, 2.75) is 18.9 Å². The maximum absolute atomic E-state index is 11.2. The first kappa shape index (κ1) is 10.2. The summed E-state index contributed by atoms with van der Waals surface area (Å²) in [4.78, 5) is 11.2. The van der Waals surface area contributed by atoms with Crippen LogP contribution in [-0.4, -0.2) is 23.7 Å². The first-order valence-corrected chi connectivity index (χ1v) is 5.39. The Kier molecular flexibility index (Phi) is 3.06. The Labute approximate surface area is 89.3 Å². The first-order valence-electron chi connectivity index (χ1n) is 5.39. The molecular weight excluding hydrogens is 190 g/mol. The van der Waals surface area contributed by atoms with Crippen LogP contribution in [0.3, 0.4) is 0 Å². The molecule has 0 bridgehead atoms. The standard InChI is InChI=1S/C11H17N3O/c1-14-8-10(4-5-11(14)15)13-7-9-3-2-6-12-9/h4-5,8-9,12-13H,2-3,6-7H2,1H3. The summed E-state index contributed by atoms with van der Waals surface area (Å²) in [5.74, 6) is 0. The average molecular weight is 207 g/mol. The molecule has 1 aromatic rings. The summed E-state index contributed by atoms with van der Waals surface area (Å²) in [6.07, 6.45) is 4.33. The van der Waals surface area contributed by atoms with Crippen molar-refractivity contribution >= 4 is 5.69 Å². The summed E-state index contributed by atoms with van der Waals surface area (Å²) in [7, 11) is 1.77. The average Bonchev–Trinajstić information content (AvgIpc) is 2.73. The minimum atomic E-state index is 0.0274. The summed E-state index contributed by atoms with van der Waals surface area (Å²) in [5, 5.41) is 6.75. The summed E-state index contributed by atoms with van der Waals surface area (Å²) < 4.78 is 1.59. The van der Waals surface area contributed by atoms with Gasteiger partial charge >= 0.3 is 0 Å². The lowest BCUT2D eigenvalue weighted by molar-refractivity contribution is 0.633. The molecular formula is C11H17N3O. The molecule has 2 rings (SSSR count). The number of aryl methyl sites for hydroxylation is 1. The van der Waals surface area contributed by atoms with Gasteiger partial charge in [-0.15, -0.1) is 0 Å². The molecule has 0 aromatic carbocycles. The lowest BCUT2D eigenvalue weighted by Gasteiger charge is -2.12. The van der Waals surface area contributed by atoms with Crippen LogP contribution in [0.25, 0.3) is 0 Å². The largest absolute Gasteiger partial charge is 0.382 e. The highest BCUT2D eigenvalue weighted by atomic mass is 16.1. The Morgan fingerprint density at radius 1 is 1.60 bits per heavy atom. The minimum Gasteiger partial charge on any atom is -0.382 e. The van der Waals surface area contributed by atoms with E-state index in [1.807, 2.05) is 12.3 Å². The third-order valence-electron chi connectivity index (χ3n) is 2.80. The molecule has 4 nitrogen and oxygen atoms in total. The second kappa shape index (κ2) is 4.49. The predicted molar refractivity (Wildman–Crippen MR) is 61.2 cm³/mol. The van der Waals surface area contributed by atoms with Gasteiger partial charge in [-0.2, -0.15) is 0 Å². The van der Waals surface area contributed by atoms with Crippen LogP contribution in [0.15, 0.2) is 23.1 Å². The fraction of sp³-hybridized carbons (Fsp3) is 0.545. The molecule has 1 saturated heterocycles. The summed E-state index contributed by atoms with van der Waals surface area (Å²) in [5.41, 5.74) is 1.03. The molecule has 2 heterocycles. The van der Waals surface area contributed by atoms with Crippen molar-refractivity contribution in [2.24, 2.45) is 7.05 Å². The third kappa shape index (κ3) is 2.59. The number of nitrogens with one attached hydrogen (secondary N) is 2. The molecule has 0 saturated carbocycles. The highest BCUT2D eigenvalue weighted by molar-refractivity contribution is 5.40. The van der Waals surface area contributed by atoms with E-state index in [1.54, 1.807) is 17.7 Å². The van der Waals surface area contributed by atoms with Crippen LogP contribution in [0.4, 0.5) is 5.69 Å². The normalized spacial score (nSPS) is 20.5. The summed E-state index contributed by atoms with van der Waals surface area (Å²) in [6.45, 7) is 2.05. The van der Waals surface area contributed by atoms with Crippen molar-refractivity contribution in [3.63, 3.8) is 0 Å². The Balaban J connectivity index is 1.92. The quantitative estimate of drug-likeness (QED) is 0.761. The van der Waals surface area contributed by atoms with E-state index in [1.165, 1.54) is 12.8 Å². The molecule has 1 aliphatic rings. The Morgan fingerprint density at radius 2 is 2.47 bits per heavy atom. The van der Waals surface area contributed by atoms with E-state index in [2.05, 4.69) is 10.6 Å². The molecule has 82 valence electrons. The number of pyridine rings is 1. The molecule has 1 atom stereocenters. The van der Waals surface area contributed by atoms with Gasteiger partial charge in [-0.1, -0.05) is 0 Å². The number of aromatic nitrogens is 1.